The molecule has 0 saturated heterocycles. The molecule has 0 heterocycles. The first kappa shape index (κ1) is 13.5. The van der Waals surface area contributed by atoms with Crippen molar-refractivity contribution in [3.8, 4) is 5.75 Å². The summed E-state index contributed by atoms with van der Waals surface area (Å²) in [5, 5.41) is 0. The maximum Gasteiger partial charge on any atom is 0.336 e. The summed E-state index contributed by atoms with van der Waals surface area (Å²) < 4.78 is 18.3. The predicted molar refractivity (Wildman–Crippen MR) is 75.2 cm³/mol. The normalized spacial score (nSPS) is 10.6. The molecule has 0 saturated carbocycles. The molecule has 0 spiro atoms. The second-order valence-corrected chi connectivity index (χ2v) is 4.59. The van der Waals surface area contributed by atoms with E-state index in [4.69, 9.17) is 4.74 Å². The van der Waals surface area contributed by atoms with Crippen molar-refractivity contribution in [3.05, 3.63) is 70.5 Å². The molecule has 0 N–H and O–H groups in total. The van der Waals surface area contributed by atoms with Crippen LogP contribution in [0.2, 0.25) is 0 Å². The minimum absolute atomic E-state index is 0.282. The van der Waals surface area contributed by atoms with Crippen LogP contribution in [0.5, 0.6) is 5.75 Å². The van der Waals surface area contributed by atoms with Gasteiger partial charge in [0.25, 0.3) is 0 Å². The number of benzene rings is 2. The van der Waals surface area contributed by atoms with Crippen LogP contribution in [0.15, 0.2) is 59.1 Å². The van der Waals surface area contributed by atoms with Crippen molar-refractivity contribution >= 4 is 28.0 Å². The van der Waals surface area contributed by atoms with Gasteiger partial charge in [0.15, 0.2) is 0 Å². The van der Waals surface area contributed by atoms with Crippen molar-refractivity contribution in [2.24, 2.45) is 0 Å². The fourth-order valence-corrected chi connectivity index (χ4v) is 1.86. The van der Waals surface area contributed by atoms with Crippen LogP contribution in [0.4, 0.5) is 4.39 Å². The summed E-state index contributed by atoms with van der Waals surface area (Å²) in [6, 6.07) is 13.3. The molecular weight excluding hydrogens is 311 g/mol. The number of ether oxygens (including phenoxy) is 1. The zero-order valence-electron chi connectivity index (χ0n) is 9.85. The van der Waals surface area contributed by atoms with Crippen LogP contribution in [0.25, 0.3) is 6.08 Å². The summed E-state index contributed by atoms with van der Waals surface area (Å²) in [4.78, 5) is 11.6. The number of halogens is 2. The van der Waals surface area contributed by atoms with Gasteiger partial charge in [0, 0.05) is 6.08 Å². The Kier molecular flexibility index (Phi) is 4.47. The molecule has 0 aliphatic heterocycles. The van der Waals surface area contributed by atoms with Gasteiger partial charge in [-0.1, -0.05) is 30.3 Å². The Bertz CT molecular complexity index is 609. The third kappa shape index (κ3) is 4.03. The topological polar surface area (TPSA) is 26.3 Å². The number of carbonyl (C=O) groups excluding carboxylic acids is 1. The van der Waals surface area contributed by atoms with Crippen LogP contribution in [0, 0.1) is 5.82 Å². The lowest BCUT2D eigenvalue weighted by atomic mass is 10.2. The summed E-state index contributed by atoms with van der Waals surface area (Å²) in [5.41, 5.74) is 0.901. The monoisotopic (exact) mass is 320 g/mol. The Morgan fingerprint density at radius 3 is 2.58 bits per heavy atom. The van der Waals surface area contributed by atoms with Gasteiger partial charge in [-0.3, -0.25) is 0 Å². The highest BCUT2D eigenvalue weighted by Gasteiger charge is 2.06. The quantitative estimate of drug-likeness (QED) is 0.481. The van der Waals surface area contributed by atoms with Gasteiger partial charge in [-0.25, -0.2) is 9.18 Å². The Morgan fingerprint density at radius 1 is 1.16 bits per heavy atom. The highest BCUT2D eigenvalue weighted by molar-refractivity contribution is 9.10. The van der Waals surface area contributed by atoms with Gasteiger partial charge in [0.2, 0.25) is 0 Å². The van der Waals surface area contributed by atoms with E-state index in [1.54, 1.807) is 6.08 Å². The average molecular weight is 321 g/mol. The van der Waals surface area contributed by atoms with Crippen LogP contribution in [-0.4, -0.2) is 5.97 Å². The van der Waals surface area contributed by atoms with E-state index in [1.807, 2.05) is 30.3 Å². The minimum atomic E-state index is -0.517. The van der Waals surface area contributed by atoms with Gasteiger partial charge in [-0.2, -0.15) is 0 Å². The molecule has 19 heavy (non-hydrogen) atoms. The number of esters is 1. The standard InChI is InChI=1S/C15H10BrFO2/c16-13-10-12(17)7-8-14(13)19-15(18)9-6-11-4-2-1-3-5-11/h1-10H. The van der Waals surface area contributed by atoms with E-state index in [0.717, 1.165) is 5.56 Å². The van der Waals surface area contributed by atoms with Gasteiger partial charge in [0.1, 0.15) is 11.6 Å². The number of rotatable bonds is 3. The fourth-order valence-electron chi connectivity index (χ4n) is 1.43. The molecule has 2 rings (SSSR count). The second kappa shape index (κ2) is 6.29. The van der Waals surface area contributed by atoms with E-state index in [9.17, 15) is 9.18 Å². The highest BCUT2D eigenvalue weighted by atomic mass is 79.9. The zero-order chi connectivity index (χ0) is 13.7. The summed E-state index contributed by atoms with van der Waals surface area (Å²) in [7, 11) is 0. The Balaban J connectivity index is 2.04. The lowest BCUT2D eigenvalue weighted by Gasteiger charge is -2.03. The molecular formula is C15H10BrFO2. The summed E-state index contributed by atoms with van der Waals surface area (Å²) in [5.74, 6) is -0.633. The van der Waals surface area contributed by atoms with Crippen molar-refractivity contribution in [2.45, 2.75) is 0 Å². The summed E-state index contributed by atoms with van der Waals surface area (Å²) >= 11 is 3.13. The SMILES string of the molecule is O=C(C=Cc1ccccc1)Oc1ccc(F)cc1Br. The molecule has 2 aromatic carbocycles. The van der Waals surface area contributed by atoms with Crippen LogP contribution in [-0.2, 0) is 4.79 Å². The van der Waals surface area contributed by atoms with E-state index < -0.39 is 11.8 Å². The van der Waals surface area contributed by atoms with Gasteiger partial charge < -0.3 is 4.74 Å². The minimum Gasteiger partial charge on any atom is -0.422 e. The first-order valence-corrected chi connectivity index (χ1v) is 6.34. The highest BCUT2D eigenvalue weighted by Crippen LogP contribution is 2.25. The first-order valence-electron chi connectivity index (χ1n) is 5.55. The first-order chi connectivity index (χ1) is 9.15. The maximum absolute atomic E-state index is 12.9. The molecule has 2 nitrogen and oxygen atoms in total. The lowest BCUT2D eigenvalue weighted by molar-refractivity contribution is -0.128. The Labute approximate surface area is 118 Å². The summed E-state index contributed by atoms with van der Waals surface area (Å²) in [6.07, 6.45) is 2.98. The van der Waals surface area contributed by atoms with Crippen LogP contribution < -0.4 is 4.74 Å². The molecule has 0 radical (unpaired) electrons. The van der Waals surface area contributed by atoms with E-state index in [0.29, 0.717) is 4.47 Å². The van der Waals surface area contributed by atoms with Gasteiger partial charge in [-0.15, -0.1) is 0 Å². The molecule has 0 aliphatic carbocycles. The molecule has 0 bridgehead atoms. The molecule has 2 aromatic rings. The van der Waals surface area contributed by atoms with Crippen molar-refractivity contribution in [1.29, 1.82) is 0 Å². The predicted octanol–water partition coefficient (Wildman–Crippen LogP) is 4.21. The van der Waals surface area contributed by atoms with Crippen molar-refractivity contribution in [1.82, 2.24) is 0 Å². The zero-order valence-corrected chi connectivity index (χ0v) is 11.4. The van der Waals surface area contributed by atoms with Crippen molar-refractivity contribution < 1.29 is 13.9 Å². The molecule has 0 amide bonds. The van der Waals surface area contributed by atoms with Gasteiger partial charge >= 0.3 is 5.97 Å². The average Bonchev–Trinajstić information content (AvgIpc) is 2.41. The van der Waals surface area contributed by atoms with Crippen LogP contribution in [0.1, 0.15) is 5.56 Å². The number of carbonyl (C=O) groups is 1. The molecule has 0 atom stereocenters. The molecule has 0 unspecified atom stereocenters. The maximum atomic E-state index is 12.9. The third-order valence-corrected chi connectivity index (χ3v) is 2.94. The van der Waals surface area contributed by atoms with Crippen LogP contribution >= 0.6 is 15.9 Å². The van der Waals surface area contributed by atoms with Gasteiger partial charge in [0.05, 0.1) is 4.47 Å². The Hall–Kier alpha value is -1.94. The molecule has 0 aromatic heterocycles. The fraction of sp³-hybridized carbons (Fsp3) is 0. The summed E-state index contributed by atoms with van der Waals surface area (Å²) in [6.45, 7) is 0. The van der Waals surface area contributed by atoms with E-state index in [2.05, 4.69) is 15.9 Å². The smallest absolute Gasteiger partial charge is 0.336 e. The Morgan fingerprint density at radius 2 is 1.89 bits per heavy atom. The van der Waals surface area contributed by atoms with Crippen LogP contribution in [0.3, 0.4) is 0 Å². The van der Waals surface area contributed by atoms with E-state index in [1.165, 1.54) is 24.3 Å². The third-order valence-electron chi connectivity index (χ3n) is 2.32. The van der Waals surface area contributed by atoms with E-state index >= 15 is 0 Å². The largest absolute Gasteiger partial charge is 0.422 e. The number of hydrogen-bond donors (Lipinski definition) is 0. The molecule has 96 valence electrons. The van der Waals surface area contributed by atoms with Crippen molar-refractivity contribution in [2.75, 3.05) is 0 Å². The van der Waals surface area contributed by atoms with E-state index in [-0.39, 0.29) is 5.75 Å². The molecule has 0 aliphatic rings. The molecule has 0 fully saturated rings. The molecule has 4 heteroatoms. The van der Waals surface area contributed by atoms with Crippen molar-refractivity contribution in [3.63, 3.8) is 0 Å². The second-order valence-electron chi connectivity index (χ2n) is 3.74. The van der Waals surface area contributed by atoms with Gasteiger partial charge in [-0.05, 0) is 45.8 Å². The number of hydrogen-bond acceptors (Lipinski definition) is 2. The lowest BCUT2D eigenvalue weighted by Crippen LogP contribution is -2.04.